The summed E-state index contributed by atoms with van der Waals surface area (Å²) in [4.78, 5) is 4.55. The number of hydrogen-bond donors (Lipinski definition) is 0. The molecule has 0 aliphatic heterocycles. The fraction of sp³-hybridized carbons (Fsp3) is 0.125. The Morgan fingerprint density at radius 3 is 2.19 bits per heavy atom. The summed E-state index contributed by atoms with van der Waals surface area (Å²) in [5.74, 6) is -0.0401. The number of benzene rings is 3. The molecule has 1 heterocycles. The van der Waals surface area contributed by atoms with Crippen molar-refractivity contribution in [2.24, 2.45) is 0 Å². The quantitative estimate of drug-likeness (QED) is 0.226. The average molecular weight is 458 g/mol. The zero-order valence-electron chi connectivity index (χ0n) is 16.9. The molecular formula is C24H18F4N2OS. The van der Waals surface area contributed by atoms with Crippen LogP contribution in [0.1, 0.15) is 11.1 Å². The third-order valence-corrected chi connectivity index (χ3v) is 5.71. The van der Waals surface area contributed by atoms with Gasteiger partial charge in [-0.3, -0.25) is 4.57 Å². The topological polar surface area (TPSA) is 27.1 Å². The van der Waals surface area contributed by atoms with E-state index in [9.17, 15) is 17.6 Å². The molecule has 0 aliphatic carbocycles. The highest BCUT2D eigenvalue weighted by molar-refractivity contribution is 7.98. The van der Waals surface area contributed by atoms with E-state index in [1.807, 2.05) is 35.8 Å². The SMILES string of the molecule is Cc1ccc(-c2cnc(SCc3ccc(F)cc3)n2-c2ccc(OC(F)(F)F)cc2)cc1. The summed E-state index contributed by atoms with van der Waals surface area (Å²) < 4.78 is 56.6. The van der Waals surface area contributed by atoms with Gasteiger partial charge in [-0.1, -0.05) is 53.7 Å². The fourth-order valence-corrected chi connectivity index (χ4v) is 4.09. The van der Waals surface area contributed by atoms with Crippen LogP contribution in [0.5, 0.6) is 5.75 Å². The summed E-state index contributed by atoms with van der Waals surface area (Å²) in [6.45, 7) is 1.99. The van der Waals surface area contributed by atoms with Gasteiger partial charge in [0, 0.05) is 17.0 Å². The zero-order valence-corrected chi connectivity index (χ0v) is 17.8. The minimum absolute atomic E-state index is 0.293. The van der Waals surface area contributed by atoms with Crippen LogP contribution in [0, 0.1) is 12.7 Å². The molecule has 4 rings (SSSR count). The van der Waals surface area contributed by atoms with Crippen LogP contribution in [0.3, 0.4) is 0 Å². The first-order valence-corrected chi connectivity index (χ1v) is 10.7. The first kappa shape index (κ1) is 22.0. The Labute approximate surface area is 186 Å². The van der Waals surface area contributed by atoms with Gasteiger partial charge < -0.3 is 4.74 Å². The van der Waals surface area contributed by atoms with Gasteiger partial charge >= 0.3 is 6.36 Å². The minimum Gasteiger partial charge on any atom is -0.406 e. The zero-order chi connectivity index (χ0) is 22.7. The molecule has 3 nitrogen and oxygen atoms in total. The van der Waals surface area contributed by atoms with Crippen LogP contribution in [-0.4, -0.2) is 15.9 Å². The van der Waals surface area contributed by atoms with E-state index >= 15 is 0 Å². The second-order valence-electron chi connectivity index (χ2n) is 7.08. The molecule has 0 saturated heterocycles. The minimum atomic E-state index is -4.75. The molecule has 0 bridgehead atoms. The summed E-state index contributed by atoms with van der Waals surface area (Å²) in [7, 11) is 0. The van der Waals surface area contributed by atoms with Crippen LogP contribution in [0.15, 0.2) is 84.1 Å². The lowest BCUT2D eigenvalue weighted by Gasteiger charge is -2.14. The molecule has 0 amide bonds. The molecule has 0 saturated carbocycles. The number of nitrogens with zero attached hydrogens (tertiary/aromatic N) is 2. The van der Waals surface area contributed by atoms with Gasteiger partial charge in [-0.05, 0) is 48.9 Å². The molecule has 32 heavy (non-hydrogen) atoms. The molecule has 0 spiro atoms. The third kappa shape index (κ3) is 5.31. The molecule has 8 heteroatoms. The maximum absolute atomic E-state index is 13.2. The highest BCUT2D eigenvalue weighted by Crippen LogP contribution is 2.33. The number of aromatic nitrogens is 2. The molecule has 0 atom stereocenters. The van der Waals surface area contributed by atoms with Crippen LogP contribution >= 0.6 is 11.8 Å². The number of imidazole rings is 1. The second kappa shape index (κ2) is 9.08. The Hall–Kier alpha value is -3.26. The van der Waals surface area contributed by atoms with E-state index in [0.29, 0.717) is 16.6 Å². The summed E-state index contributed by atoms with van der Waals surface area (Å²) in [5.41, 5.74) is 4.41. The van der Waals surface area contributed by atoms with Crippen LogP contribution in [0.2, 0.25) is 0 Å². The Kier molecular flexibility index (Phi) is 6.23. The highest BCUT2D eigenvalue weighted by Gasteiger charge is 2.31. The van der Waals surface area contributed by atoms with Crippen molar-refractivity contribution in [2.75, 3.05) is 0 Å². The third-order valence-electron chi connectivity index (χ3n) is 4.69. The molecule has 0 N–H and O–H groups in total. The van der Waals surface area contributed by atoms with Crippen molar-refractivity contribution in [2.45, 2.75) is 24.2 Å². The van der Waals surface area contributed by atoms with Gasteiger partial charge in [-0.15, -0.1) is 13.2 Å². The number of ether oxygens (including phenoxy) is 1. The molecule has 4 aromatic rings. The number of aryl methyl sites for hydroxylation is 1. The van der Waals surface area contributed by atoms with Gasteiger partial charge in [0.1, 0.15) is 11.6 Å². The Balaban J connectivity index is 1.69. The van der Waals surface area contributed by atoms with E-state index in [2.05, 4.69) is 9.72 Å². The molecule has 0 aliphatic rings. The number of thioether (sulfide) groups is 1. The first-order valence-electron chi connectivity index (χ1n) is 9.67. The Bertz CT molecular complexity index is 1180. The Morgan fingerprint density at radius 2 is 1.56 bits per heavy atom. The summed E-state index contributed by atoms with van der Waals surface area (Å²) >= 11 is 1.45. The lowest BCUT2D eigenvalue weighted by molar-refractivity contribution is -0.274. The largest absolute Gasteiger partial charge is 0.573 e. The number of halogens is 4. The standard InChI is InChI=1S/C24H18F4N2OS/c1-16-2-6-18(7-3-16)22-14-29-23(32-15-17-4-8-19(25)9-5-17)30(22)20-10-12-21(13-11-20)31-24(26,27)28/h2-14H,15H2,1H3. The van der Waals surface area contributed by atoms with Gasteiger partial charge in [0.15, 0.2) is 5.16 Å². The van der Waals surface area contributed by atoms with Crippen molar-refractivity contribution in [3.8, 4) is 22.7 Å². The average Bonchev–Trinajstić information content (AvgIpc) is 3.17. The van der Waals surface area contributed by atoms with Gasteiger partial charge in [-0.25, -0.2) is 9.37 Å². The van der Waals surface area contributed by atoms with Gasteiger partial charge in [-0.2, -0.15) is 0 Å². The van der Waals surface area contributed by atoms with Gasteiger partial charge in [0.25, 0.3) is 0 Å². The summed E-state index contributed by atoms with van der Waals surface area (Å²) in [6.07, 6.45) is -3.02. The fourth-order valence-electron chi connectivity index (χ4n) is 3.14. The predicted molar refractivity (Wildman–Crippen MR) is 116 cm³/mol. The van der Waals surface area contributed by atoms with Gasteiger partial charge in [0.2, 0.25) is 0 Å². The van der Waals surface area contributed by atoms with Crippen molar-refractivity contribution in [3.05, 3.63) is 95.9 Å². The molecular weight excluding hydrogens is 440 g/mol. The molecule has 0 unspecified atom stereocenters. The van der Waals surface area contributed by atoms with E-state index < -0.39 is 6.36 Å². The predicted octanol–water partition coefficient (Wildman–Crippen LogP) is 7.18. The van der Waals surface area contributed by atoms with E-state index in [4.69, 9.17) is 0 Å². The van der Waals surface area contributed by atoms with Crippen molar-refractivity contribution in [1.82, 2.24) is 9.55 Å². The number of hydrogen-bond acceptors (Lipinski definition) is 3. The van der Waals surface area contributed by atoms with Crippen LogP contribution in [0.25, 0.3) is 16.9 Å². The number of alkyl halides is 3. The van der Waals surface area contributed by atoms with Crippen molar-refractivity contribution >= 4 is 11.8 Å². The van der Waals surface area contributed by atoms with Crippen LogP contribution in [0.4, 0.5) is 17.6 Å². The molecule has 3 aromatic carbocycles. The lowest BCUT2D eigenvalue weighted by Crippen LogP contribution is -2.17. The van der Waals surface area contributed by atoms with E-state index in [-0.39, 0.29) is 11.6 Å². The van der Waals surface area contributed by atoms with Crippen LogP contribution in [-0.2, 0) is 5.75 Å². The molecule has 0 fully saturated rings. The van der Waals surface area contributed by atoms with Crippen LogP contribution < -0.4 is 4.74 Å². The summed E-state index contributed by atoms with van der Waals surface area (Å²) in [5, 5.41) is 0.661. The normalized spacial score (nSPS) is 11.5. The van der Waals surface area contributed by atoms with Crippen molar-refractivity contribution in [1.29, 1.82) is 0 Å². The molecule has 1 aromatic heterocycles. The lowest BCUT2D eigenvalue weighted by atomic mass is 10.1. The highest BCUT2D eigenvalue weighted by atomic mass is 32.2. The van der Waals surface area contributed by atoms with Gasteiger partial charge in [0.05, 0.1) is 11.9 Å². The second-order valence-corrected chi connectivity index (χ2v) is 8.03. The smallest absolute Gasteiger partial charge is 0.406 e. The summed E-state index contributed by atoms with van der Waals surface area (Å²) in [6, 6.07) is 19.8. The molecule has 0 radical (unpaired) electrons. The first-order chi connectivity index (χ1) is 15.3. The maximum atomic E-state index is 13.2. The Morgan fingerprint density at radius 1 is 0.906 bits per heavy atom. The van der Waals surface area contributed by atoms with Crippen molar-refractivity contribution < 1.29 is 22.3 Å². The van der Waals surface area contributed by atoms with E-state index in [0.717, 1.165) is 22.4 Å². The van der Waals surface area contributed by atoms with E-state index in [1.165, 1.54) is 36.0 Å². The number of rotatable bonds is 6. The monoisotopic (exact) mass is 458 g/mol. The maximum Gasteiger partial charge on any atom is 0.573 e. The van der Waals surface area contributed by atoms with Crippen molar-refractivity contribution in [3.63, 3.8) is 0 Å². The van der Waals surface area contributed by atoms with E-state index in [1.54, 1.807) is 30.5 Å². The molecule has 164 valence electrons.